The van der Waals surface area contributed by atoms with Gasteiger partial charge < -0.3 is 5.11 Å². The molecule has 1 aliphatic carbocycles. The van der Waals surface area contributed by atoms with Gasteiger partial charge in [-0.05, 0) is 32.9 Å². The van der Waals surface area contributed by atoms with Gasteiger partial charge in [0.05, 0.1) is 0 Å². The molecule has 0 heterocycles. The second kappa shape index (κ2) is 5.05. The van der Waals surface area contributed by atoms with Crippen molar-refractivity contribution in [1.82, 2.24) is 4.90 Å². The molecular weight excluding hydrogens is 217 g/mol. The zero-order valence-corrected chi connectivity index (χ0v) is 10.5. The molecule has 2 nitrogen and oxygen atoms in total. The Morgan fingerprint density at radius 2 is 2.00 bits per heavy atom. The molecule has 2 rings (SSSR count). The highest BCUT2D eigenvalue weighted by Gasteiger charge is 2.25. The number of phenolic OH excluding ortho intramolecular Hbond substituents is 1. The Hall–Kier alpha value is -1.09. The predicted octanol–water partition coefficient (Wildman–Crippen LogP) is 3.47. The number of rotatable bonds is 3. The van der Waals surface area contributed by atoms with E-state index >= 15 is 0 Å². The fraction of sp³-hybridized carbons (Fsp3) is 0.571. The molecule has 1 aliphatic rings. The van der Waals surface area contributed by atoms with Gasteiger partial charge in [0, 0.05) is 23.7 Å². The Morgan fingerprint density at radius 1 is 1.35 bits per heavy atom. The summed E-state index contributed by atoms with van der Waals surface area (Å²) in [6.45, 7) is 2.06. The van der Waals surface area contributed by atoms with Gasteiger partial charge in [-0.2, -0.15) is 0 Å². The van der Waals surface area contributed by atoms with Crippen molar-refractivity contribution in [2.75, 3.05) is 7.05 Å². The summed E-state index contributed by atoms with van der Waals surface area (Å²) in [5.41, 5.74) is 0.806. The van der Waals surface area contributed by atoms with Crippen LogP contribution in [0.1, 0.15) is 44.2 Å². The lowest BCUT2D eigenvalue weighted by atomic mass is 10.0. The van der Waals surface area contributed by atoms with Crippen LogP contribution in [0.15, 0.2) is 18.2 Å². The first-order valence-electron chi connectivity index (χ1n) is 6.30. The van der Waals surface area contributed by atoms with Crippen LogP contribution in [0.5, 0.6) is 5.75 Å². The van der Waals surface area contributed by atoms with Gasteiger partial charge in [-0.1, -0.05) is 18.9 Å². The summed E-state index contributed by atoms with van der Waals surface area (Å²) in [6, 6.07) is 5.00. The second-order valence-corrected chi connectivity index (χ2v) is 4.98. The molecule has 0 amide bonds. The topological polar surface area (TPSA) is 23.5 Å². The fourth-order valence-corrected chi connectivity index (χ4v) is 2.72. The lowest BCUT2D eigenvalue weighted by Crippen LogP contribution is -2.31. The van der Waals surface area contributed by atoms with Crippen molar-refractivity contribution >= 4 is 0 Å². The van der Waals surface area contributed by atoms with E-state index in [1.54, 1.807) is 6.07 Å². The van der Waals surface area contributed by atoms with Crippen molar-refractivity contribution in [3.63, 3.8) is 0 Å². The Balaban J connectivity index is 2.15. The lowest BCUT2D eigenvalue weighted by molar-refractivity contribution is 0.184. The van der Waals surface area contributed by atoms with Gasteiger partial charge in [0.2, 0.25) is 0 Å². The van der Waals surface area contributed by atoms with Crippen LogP contribution in [-0.4, -0.2) is 23.1 Å². The molecule has 0 aliphatic heterocycles. The summed E-state index contributed by atoms with van der Waals surface area (Å²) >= 11 is 0. The summed E-state index contributed by atoms with van der Waals surface area (Å²) in [5.74, 6) is -0.329. The van der Waals surface area contributed by atoms with Gasteiger partial charge in [-0.3, -0.25) is 4.90 Å². The zero-order chi connectivity index (χ0) is 12.4. The third-order valence-electron chi connectivity index (χ3n) is 3.95. The van der Waals surface area contributed by atoms with Crippen LogP contribution in [0.2, 0.25) is 0 Å². The van der Waals surface area contributed by atoms with Gasteiger partial charge in [-0.15, -0.1) is 0 Å². The Morgan fingerprint density at radius 3 is 2.59 bits per heavy atom. The highest BCUT2D eigenvalue weighted by Crippen LogP contribution is 2.33. The average molecular weight is 237 g/mol. The molecule has 3 heteroatoms. The van der Waals surface area contributed by atoms with E-state index in [0.717, 1.165) is 5.56 Å². The molecule has 0 bridgehead atoms. The van der Waals surface area contributed by atoms with Crippen LogP contribution in [0.25, 0.3) is 0 Å². The largest absolute Gasteiger partial charge is 0.508 e. The van der Waals surface area contributed by atoms with Gasteiger partial charge in [-0.25, -0.2) is 4.39 Å². The van der Waals surface area contributed by atoms with Gasteiger partial charge in [0.15, 0.2) is 0 Å². The van der Waals surface area contributed by atoms with E-state index in [1.807, 2.05) is 0 Å². The van der Waals surface area contributed by atoms with E-state index in [9.17, 15) is 9.50 Å². The summed E-state index contributed by atoms with van der Waals surface area (Å²) < 4.78 is 12.9. The number of hydrogen-bond acceptors (Lipinski definition) is 2. The van der Waals surface area contributed by atoms with Crippen molar-refractivity contribution in [3.05, 3.63) is 29.6 Å². The minimum Gasteiger partial charge on any atom is -0.508 e. The fourth-order valence-electron chi connectivity index (χ4n) is 2.72. The minimum atomic E-state index is -0.387. The summed E-state index contributed by atoms with van der Waals surface area (Å²) in [7, 11) is 2.09. The van der Waals surface area contributed by atoms with Crippen LogP contribution in [0, 0.1) is 5.82 Å². The monoisotopic (exact) mass is 237 g/mol. The quantitative estimate of drug-likeness (QED) is 0.870. The number of halogens is 1. The second-order valence-electron chi connectivity index (χ2n) is 4.98. The average Bonchev–Trinajstić information content (AvgIpc) is 2.80. The molecule has 1 fully saturated rings. The first-order chi connectivity index (χ1) is 8.09. The zero-order valence-electron chi connectivity index (χ0n) is 10.5. The molecule has 1 N–H and O–H groups in total. The van der Waals surface area contributed by atoms with Crippen LogP contribution < -0.4 is 0 Å². The smallest absolute Gasteiger partial charge is 0.126 e. The number of hydrogen-bond donors (Lipinski definition) is 1. The SMILES string of the molecule is CC(c1ccc(F)cc1O)N(C)C1CCCC1. The van der Waals surface area contributed by atoms with E-state index in [-0.39, 0.29) is 17.6 Å². The first kappa shape index (κ1) is 12.4. The molecule has 0 saturated heterocycles. The van der Waals surface area contributed by atoms with Crippen molar-refractivity contribution in [1.29, 1.82) is 0 Å². The number of benzene rings is 1. The van der Waals surface area contributed by atoms with E-state index in [0.29, 0.717) is 6.04 Å². The van der Waals surface area contributed by atoms with Crippen molar-refractivity contribution in [2.24, 2.45) is 0 Å². The van der Waals surface area contributed by atoms with Crippen molar-refractivity contribution in [3.8, 4) is 5.75 Å². The Bertz CT molecular complexity index is 388. The molecule has 0 spiro atoms. The molecule has 0 aromatic heterocycles. The molecule has 1 atom stereocenters. The van der Waals surface area contributed by atoms with Crippen LogP contribution in [-0.2, 0) is 0 Å². The molecule has 94 valence electrons. The normalized spacial score (nSPS) is 18.8. The van der Waals surface area contributed by atoms with E-state index < -0.39 is 0 Å². The lowest BCUT2D eigenvalue weighted by Gasteiger charge is -2.31. The summed E-state index contributed by atoms with van der Waals surface area (Å²) in [5, 5.41) is 9.79. The molecule has 1 aromatic carbocycles. The van der Waals surface area contributed by atoms with Crippen molar-refractivity contribution < 1.29 is 9.50 Å². The van der Waals surface area contributed by atoms with Crippen LogP contribution in [0.4, 0.5) is 4.39 Å². The number of aromatic hydroxyl groups is 1. The Labute approximate surface area is 102 Å². The summed E-state index contributed by atoms with van der Waals surface area (Å²) in [6.07, 6.45) is 5.03. The van der Waals surface area contributed by atoms with Crippen molar-refractivity contribution in [2.45, 2.75) is 44.7 Å². The molecule has 0 radical (unpaired) electrons. The number of nitrogens with zero attached hydrogens (tertiary/aromatic N) is 1. The maximum Gasteiger partial charge on any atom is 0.126 e. The van der Waals surface area contributed by atoms with E-state index in [4.69, 9.17) is 0 Å². The highest BCUT2D eigenvalue weighted by atomic mass is 19.1. The third kappa shape index (κ3) is 2.60. The maximum atomic E-state index is 12.9. The van der Waals surface area contributed by atoms with Crippen LogP contribution in [0.3, 0.4) is 0 Å². The molecule has 17 heavy (non-hydrogen) atoms. The van der Waals surface area contributed by atoms with E-state index in [2.05, 4.69) is 18.9 Å². The predicted molar refractivity (Wildman–Crippen MR) is 66.5 cm³/mol. The molecule has 1 saturated carbocycles. The third-order valence-corrected chi connectivity index (χ3v) is 3.95. The summed E-state index contributed by atoms with van der Waals surface area (Å²) in [4.78, 5) is 2.29. The van der Waals surface area contributed by atoms with Crippen LogP contribution >= 0.6 is 0 Å². The maximum absolute atomic E-state index is 12.9. The van der Waals surface area contributed by atoms with Gasteiger partial charge in [0.1, 0.15) is 11.6 Å². The minimum absolute atomic E-state index is 0.0577. The first-order valence-corrected chi connectivity index (χ1v) is 6.30. The van der Waals surface area contributed by atoms with Gasteiger partial charge in [0.25, 0.3) is 0 Å². The molecular formula is C14H20FNO. The number of phenols is 1. The standard InChI is InChI=1S/C14H20FNO/c1-10(16(2)12-5-3-4-6-12)13-8-7-11(15)9-14(13)17/h7-10,12,17H,3-6H2,1-2H3. The Kier molecular flexibility index (Phi) is 3.67. The highest BCUT2D eigenvalue weighted by molar-refractivity contribution is 5.35. The molecule has 1 unspecified atom stereocenters. The van der Waals surface area contributed by atoms with E-state index in [1.165, 1.54) is 37.8 Å². The molecule has 1 aromatic rings. The van der Waals surface area contributed by atoms with Gasteiger partial charge >= 0.3 is 0 Å².